The van der Waals surface area contributed by atoms with Crippen LogP contribution < -0.4 is 47.0 Å². The number of imidazole rings is 1. The first-order valence-electron chi connectivity index (χ1n) is 27.8. The number of hydrogen-bond acceptors (Lipinski definition) is 15. The average molecular weight is 1150 g/mol. The molecule has 4 fully saturated rings. The number of hydrogen-bond donors (Lipinski definition) is 3. The largest absolute Gasteiger partial charge is 0.492 e. The molecule has 2 amide bonds. The second-order valence-corrected chi connectivity index (χ2v) is 25.4. The molecule has 19 nitrogen and oxygen atoms in total. The minimum Gasteiger partial charge on any atom is -0.492 e. The van der Waals surface area contributed by atoms with E-state index in [1.807, 2.05) is 26.8 Å². The summed E-state index contributed by atoms with van der Waals surface area (Å²) in [6.07, 6.45) is 9.72. The Morgan fingerprint density at radius 3 is 2.26 bits per heavy atom. The molecule has 0 spiro atoms. The number of aromatic nitrogens is 6. The Morgan fingerprint density at radius 1 is 0.833 bits per heavy atom. The Labute approximate surface area is 462 Å². The van der Waals surface area contributed by atoms with Crippen molar-refractivity contribution in [2.24, 2.45) is 5.92 Å². The first-order valence-corrected chi connectivity index (χ1v) is 31.2. The second-order valence-electron chi connectivity index (χ2n) is 21.4. The highest BCUT2D eigenvalue weighted by atomic mass is 79.9. The Balaban J connectivity index is 0.720. The number of ether oxygens (including phenoxy) is 1. The van der Waals surface area contributed by atoms with Crippen LogP contribution in [0, 0.1) is 11.7 Å². The quantitative estimate of drug-likeness (QED) is 0.0590. The van der Waals surface area contributed by atoms with E-state index in [9.17, 15) is 23.7 Å². The Bertz CT molecular complexity index is 3410. The van der Waals surface area contributed by atoms with Gasteiger partial charge in [0.1, 0.15) is 30.3 Å². The number of nitrogens with one attached hydrogen (secondary N) is 3. The zero-order valence-corrected chi connectivity index (χ0v) is 48.1. The van der Waals surface area contributed by atoms with Crippen molar-refractivity contribution in [1.82, 2.24) is 44.0 Å². The van der Waals surface area contributed by atoms with Gasteiger partial charge >= 0.3 is 5.69 Å². The molecule has 3 N–H and O–H groups in total. The van der Waals surface area contributed by atoms with Gasteiger partial charge in [-0.1, -0.05) is 6.92 Å². The number of aryl methyl sites for hydroxylation is 3. The topological polar surface area (TPSA) is 197 Å². The molecular formula is C56H72BrFN13O6P. The number of carbonyl (C=O) groups is 2. The highest BCUT2D eigenvalue weighted by molar-refractivity contribution is 9.10. The molecule has 0 radical (unpaired) electrons. The van der Waals surface area contributed by atoms with E-state index in [1.165, 1.54) is 31.1 Å². The number of rotatable bonds is 17. The molecule has 416 valence electrons. The van der Waals surface area contributed by atoms with Gasteiger partial charge in [-0.25, -0.2) is 18.9 Å². The van der Waals surface area contributed by atoms with Gasteiger partial charge in [-0.3, -0.25) is 33.7 Å². The van der Waals surface area contributed by atoms with Gasteiger partial charge in [-0.2, -0.15) is 10.1 Å². The van der Waals surface area contributed by atoms with Crippen molar-refractivity contribution in [3.8, 4) is 5.75 Å². The number of fused-ring (bicyclic) bond motifs is 2. The van der Waals surface area contributed by atoms with E-state index in [0.717, 1.165) is 109 Å². The summed E-state index contributed by atoms with van der Waals surface area (Å²) >= 11 is 3.61. The summed E-state index contributed by atoms with van der Waals surface area (Å²) in [6.45, 7) is 21.3. The van der Waals surface area contributed by atoms with Gasteiger partial charge in [0.05, 0.1) is 39.6 Å². The summed E-state index contributed by atoms with van der Waals surface area (Å²) in [5.41, 5.74) is 4.39. The lowest BCUT2D eigenvalue weighted by atomic mass is 9.93. The summed E-state index contributed by atoms with van der Waals surface area (Å²) < 4.78 is 40.9. The molecule has 78 heavy (non-hydrogen) atoms. The average Bonchev–Trinajstić information content (AvgIpc) is 3.99. The highest BCUT2D eigenvalue weighted by Gasteiger charge is 2.34. The predicted molar refractivity (Wildman–Crippen MR) is 310 cm³/mol. The normalized spacial score (nSPS) is 18.5. The van der Waals surface area contributed by atoms with E-state index >= 15 is 4.39 Å². The van der Waals surface area contributed by atoms with Crippen molar-refractivity contribution in [2.45, 2.75) is 104 Å². The molecule has 6 aromatic rings. The van der Waals surface area contributed by atoms with E-state index in [0.29, 0.717) is 80.9 Å². The Morgan fingerprint density at radius 2 is 1.58 bits per heavy atom. The molecule has 4 aliphatic rings. The van der Waals surface area contributed by atoms with Gasteiger partial charge in [0.15, 0.2) is 5.82 Å². The molecule has 4 saturated heterocycles. The number of anilines is 6. The van der Waals surface area contributed by atoms with E-state index in [1.54, 1.807) is 37.9 Å². The van der Waals surface area contributed by atoms with Crippen LogP contribution in [-0.4, -0.2) is 135 Å². The van der Waals surface area contributed by atoms with Gasteiger partial charge in [0, 0.05) is 112 Å². The molecule has 0 bridgehead atoms. The van der Waals surface area contributed by atoms with E-state index < -0.39 is 30.6 Å². The molecule has 1 unspecified atom stereocenters. The fourth-order valence-electron chi connectivity index (χ4n) is 12.2. The molecule has 10 rings (SSSR count). The second kappa shape index (κ2) is 23.3. The van der Waals surface area contributed by atoms with Crippen molar-refractivity contribution in [2.75, 3.05) is 99.3 Å². The van der Waals surface area contributed by atoms with Gasteiger partial charge in [0.25, 0.3) is 5.56 Å². The third-order valence-corrected chi connectivity index (χ3v) is 18.5. The van der Waals surface area contributed by atoms with E-state index in [-0.39, 0.29) is 29.8 Å². The number of halogens is 2. The van der Waals surface area contributed by atoms with Crippen LogP contribution in [0.1, 0.15) is 84.2 Å². The number of piperidine rings is 3. The Kier molecular flexibility index (Phi) is 16.5. The van der Waals surface area contributed by atoms with Gasteiger partial charge in [-0.05, 0) is 143 Å². The summed E-state index contributed by atoms with van der Waals surface area (Å²) in [4.78, 5) is 70.8. The lowest BCUT2D eigenvalue weighted by Gasteiger charge is -2.44. The van der Waals surface area contributed by atoms with Crippen LogP contribution in [0.25, 0.3) is 21.8 Å². The molecule has 0 saturated carbocycles. The molecule has 1 atom stereocenters. The Hall–Kier alpha value is -6.15. The van der Waals surface area contributed by atoms with Crippen molar-refractivity contribution in [3.63, 3.8) is 0 Å². The molecule has 0 aliphatic carbocycles. The molecule has 3 aromatic heterocycles. The lowest BCUT2D eigenvalue weighted by Crippen LogP contribution is -2.53. The number of carbonyl (C=O) groups excluding carboxylic acids is 2. The third-order valence-electron chi connectivity index (χ3n) is 16.3. The minimum absolute atomic E-state index is 0.103. The predicted octanol–water partition coefficient (Wildman–Crippen LogP) is 7.81. The number of nitrogens with zero attached hydrogens (tertiary/aromatic N) is 10. The van der Waals surface area contributed by atoms with Crippen LogP contribution in [0.3, 0.4) is 0 Å². The SMILES string of the molecule is CCOc1cc(N2CCC(N3CCN(CCC4CCN(c5cc(F)c6c(c5)n(CC)c(=O)n6C5CCC(=O)NC5=O)CC4)CC3)CC2)c(CC)cc1Nc1ncc(Br)c(Nc2ccc3c(=O)n(CC)ncc3c2P(C)(C)=O)n1. The summed E-state index contributed by atoms with van der Waals surface area (Å²) in [5.74, 6) is 0.633. The minimum atomic E-state index is -2.92. The van der Waals surface area contributed by atoms with Crippen molar-refractivity contribution in [1.29, 1.82) is 0 Å². The molecular weight excluding hydrogens is 1080 g/mol. The van der Waals surface area contributed by atoms with Crippen LogP contribution in [0.5, 0.6) is 5.75 Å². The third kappa shape index (κ3) is 11.2. The maximum Gasteiger partial charge on any atom is 0.329 e. The van der Waals surface area contributed by atoms with E-state index in [4.69, 9.17) is 9.72 Å². The maximum absolute atomic E-state index is 16.0. The van der Waals surface area contributed by atoms with Crippen LogP contribution in [0.15, 0.2) is 62.9 Å². The first kappa shape index (κ1) is 55.2. The maximum atomic E-state index is 16.0. The van der Waals surface area contributed by atoms with Crippen LogP contribution in [-0.2, 0) is 33.7 Å². The van der Waals surface area contributed by atoms with Crippen molar-refractivity contribution >= 4 is 96.5 Å². The van der Waals surface area contributed by atoms with Crippen LogP contribution >= 0.6 is 23.1 Å². The summed E-state index contributed by atoms with van der Waals surface area (Å²) in [6, 6.07) is 10.8. The number of piperazine rings is 1. The number of benzene rings is 3. The van der Waals surface area contributed by atoms with Gasteiger partial charge in [0.2, 0.25) is 17.8 Å². The zero-order chi connectivity index (χ0) is 55.0. The lowest BCUT2D eigenvalue weighted by molar-refractivity contribution is -0.135. The summed E-state index contributed by atoms with van der Waals surface area (Å²) in [7, 11) is -2.92. The first-order chi connectivity index (χ1) is 37.6. The van der Waals surface area contributed by atoms with Crippen molar-refractivity contribution in [3.05, 3.63) is 85.5 Å². The molecule has 22 heteroatoms. The van der Waals surface area contributed by atoms with Crippen LogP contribution in [0.4, 0.5) is 38.9 Å². The molecule has 4 aliphatic heterocycles. The monoisotopic (exact) mass is 1150 g/mol. The highest BCUT2D eigenvalue weighted by Crippen LogP contribution is 2.42. The summed E-state index contributed by atoms with van der Waals surface area (Å²) in [5, 5.41) is 15.0. The fraction of sp³-hybridized carbons (Fsp3) is 0.518. The van der Waals surface area contributed by atoms with Gasteiger partial charge < -0.3 is 34.6 Å². The molecule has 3 aromatic carbocycles. The standard InChI is InChI=1S/C56H72BrFN13O6P/c1-7-36-29-44(62-55-59-34-41(57)52(64-55)61-43-12-11-39-40(51(43)78(5,6)76)33-60-70(9-3)54(39)74)48(77-10-4)32-46(36)68-23-18-37(19-24-68)67-27-25-65(26-28-67)20-15-35-16-21-66(22-17-35)38-30-42(58)50-47(31-38)69(8-2)56(75)71(50)45-13-14-49(72)63-53(45)73/h11-12,29-35,37,45H,7-10,13-28H2,1-6H3,(H,63,72,73)(H2,59,61,62,64). The molecule has 7 heterocycles. The fourth-order valence-corrected chi connectivity index (χ4v) is 14.0. The number of amides is 2. The van der Waals surface area contributed by atoms with Crippen LogP contribution in [0.2, 0.25) is 0 Å². The number of imide groups is 1. The van der Waals surface area contributed by atoms with Crippen molar-refractivity contribution < 1.29 is 23.3 Å². The smallest absolute Gasteiger partial charge is 0.329 e. The zero-order valence-electron chi connectivity index (χ0n) is 45.6. The van der Waals surface area contributed by atoms with Gasteiger partial charge in [-0.15, -0.1) is 0 Å². The van der Waals surface area contributed by atoms with E-state index in [2.05, 4.69) is 80.6 Å².